The van der Waals surface area contributed by atoms with E-state index in [0.717, 1.165) is 19.5 Å². The smallest absolute Gasteiger partial charge is 0.0489 e. The maximum Gasteiger partial charge on any atom is 0.0489 e. The highest BCUT2D eigenvalue weighted by Crippen LogP contribution is 1.85. The van der Waals surface area contributed by atoms with E-state index in [0.29, 0.717) is 0 Å². The van der Waals surface area contributed by atoms with E-state index >= 15 is 0 Å². The third-order valence-electron chi connectivity index (χ3n) is 1.15. The predicted molar refractivity (Wildman–Crippen MR) is 43.1 cm³/mol. The van der Waals surface area contributed by atoms with Gasteiger partial charge in [-0.25, -0.2) is 0 Å². The summed E-state index contributed by atoms with van der Waals surface area (Å²) in [7, 11) is 0. The molecule has 2 N–H and O–H groups in total. The van der Waals surface area contributed by atoms with Gasteiger partial charge in [0.05, 0.1) is 0 Å². The zero-order valence-corrected chi connectivity index (χ0v) is 6.55. The van der Waals surface area contributed by atoms with E-state index in [4.69, 9.17) is 5.73 Å². The first-order chi connectivity index (χ1) is 4.43. The van der Waals surface area contributed by atoms with E-state index in [1.54, 1.807) is 6.20 Å². The van der Waals surface area contributed by atoms with Crippen molar-refractivity contribution >= 4 is 12.4 Å². The highest BCUT2D eigenvalue weighted by molar-refractivity contribution is 5.85. The zero-order chi connectivity index (χ0) is 6.53. The number of hydrogen-bond acceptors (Lipinski definition) is 2. The molecule has 0 atom stereocenters. The maximum atomic E-state index is 5.30. The summed E-state index contributed by atoms with van der Waals surface area (Å²) in [6.07, 6.45) is 4.72. The van der Waals surface area contributed by atoms with Crippen LogP contribution in [0.5, 0.6) is 0 Å². The molecule has 0 radical (unpaired) electrons. The van der Waals surface area contributed by atoms with E-state index in [-0.39, 0.29) is 12.4 Å². The van der Waals surface area contributed by atoms with E-state index in [1.807, 2.05) is 16.9 Å². The van der Waals surface area contributed by atoms with Crippen LogP contribution < -0.4 is 5.73 Å². The Labute approximate surface area is 66.6 Å². The summed E-state index contributed by atoms with van der Waals surface area (Å²) in [5, 5.41) is 4.01. The lowest BCUT2D eigenvalue weighted by molar-refractivity contribution is 0.585. The van der Waals surface area contributed by atoms with Crippen molar-refractivity contribution in [3.63, 3.8) is 0 Å². The molecule has 0 saturated carbocycles. The molecule has 58 valence electrons. The average Bonchev–Trinajstić information content (AvgIpc) is 2.34. The number of halogens is 1. The molecule has 0 aliphatic heterocycles. The van der Waals surface area contributed by atoms with Crippen LogP contribution in [0.15, 0.2) is 18.5 Å². The van der Waals surface area contributed by atoms with E-state index in [2.05, 4.69) is 5.10 Å². The van der Waals surface area contributed by atoms with Gasteiger partial charge in [0.15, 0.2) is 0 Å². The SMILES string of the molecule is Cl.NCCCn1cccn1. The predicted octanol–water partition coefficient (Wildman–Crippen LogP) is 0.654. The molecule has 0 aliphatic rings. The topological polar surface area (TPSA) is 43.8 Å². The van der Waals surface area contributed by atoms with Gasteiger partial charge >= 0.3 is 0 Å². The molecule has 0 unspecified atom stereocenters. The summed E-state index contributed by atoms with van der Waals surface area (Å²) in [4.78, 5) is 0. The number of hydrogen-bond donors (Lipinski definition) is 1. The normalized spacial score (nSPS) is 8.90. The van der Waals surface area contributed by atoms with Crippen molar-refractivity contribution in [2.75, 3.05) is 6.54 Å². The van der Waals surface area contributed by atoms with Crippen molar-refractivity contribution in [3.05, 3.63) is 18.5 Å². The van der Waals surface area contributed by atoms with Gasteiger partial charge in [0, 0.05) is 18.9 Å². The van der Waals surface area contributed by atoms with Gasteiger partial charge in [-0.2, -0.15) is 5.10 Å². The van der Waals surface area contributed by atoms with Crippen LogP contribution in [0.2, 0.25) is 0 Å². The van der Waals surface area contributed by atoms with Gasteiger partial charge < -0.3 is 5.73 Å². The van der Waals surface area contributed by atoms with Gasteiger partial charge in [0.25, 0.3) is 0 Å². The summed E-state index contributed by atoms with van der Waals surface area (Å²) in [6, 6.07) is 1.91. The molecule has 0 amide bonds. The minimum Gasteiger partial charge on any atom is -0.330 e. The Morgan fingerprint density at radius 3 is 2.80 bits per heavy atom. The van der Waals surface area contributed by atoms with Crippen LogP contribution in [0.25, 0.3) is 0 Å². The second-order valence-electron chi connectivity index (χ2n) is 1.91. The lowest BCUT2D eigenvalue weighted by atomic mass is 10.4. The third-order valence-corrected chi connectivity index (χ3v) is 1.15. The van der Waals surface area contributed by atoms with Gasteiger partial charge in [-0.1, -0.05) is 0 Å². The van der Waals surface area contributed by atoms with Gasteiger partial charge in [0.1, 0.15) is 0 Å². The van der Waals surface area contributed by atoms with Crippen LogP contribution in [0.3, 0.4) is 0 Å². The standard InChI is InChI=1S/C6H11N3.ClH/c7-3-1-5-9-6-2-4-8-9;/h2,4,6H,1,3,5,7H2;1H. The second kappa shape index (κ2) is 5.26. The van der Waals surface area contributed by atoms with Crippen molar-refractivity contribution in [1.82, 2.24) is 9.78 Å². The summed E-state index contributed by atoms with van der Waals surface area (Å²) in [5.74, 6) is 0. The Hall–Kier alpha value is -0.540. The number of aryl methyl sites for hydroxylation is 1. The quantitative estimate of drug-likeness (QED) is 0.708. The molecule has 0 saturated heterocycles. The highest BCUT2D eigenvalue weighted by Gasteiger charge is 1.85. The molecule has 3 nitrogen and oxygen atoms in total. The number of nitrogens with two attached hydrogens (primary N) is 1. The molecule has 0 bridgehead atoms. The van der Waals surface area contributed by atoms with Crippen LogP contribution in [0, 0.1) is 0 Å². The van der Waals surface area contributed by atoms with Crippen molar-refractivity contribution in [3.8, 4) is 0 Å². The van der Waals surface area contributed by atoms with Crippen LogP contribution in [0.1, 0.15) is 6.42 Å². The molecule has 0 aromatic carbocycles. The van der Waals surface area contributed by atoms with Crippen LogP contribution in [-0.2, 0) is 6.54 Å². The first-order valence-corrected chi connectivity index (χ1v) is 3.11. The van der Waals surface area contributed by atoms with E-state index in [1.165, 1.54) is 0 Å². The number of nitrogens with zero attached hydrogens (tertiary/aromatic N) is 2. The Kier molecular flexibility index (Phi) is 4.98. The monoisotopic (exact) mass is 161 g/mol. The van der Waals surface area contributed by atoms with Crippen LogP contribution in [0.4, 0.5) is 0 Å². The van der Waals surface area contributed by atoms with Crippen molar-refractivity contribution in [2.45, 2.75) is 13.0 Å². The van der Waals surface area contributed by atoms with Crippen LogP contribution in [-0.4, -0.2) is 16.3 Å². The first kappa shape index (κ1) is 9.46. The average molecular weight is 162 g/mol. The molecule has 1 aromatic heterocycles. The van der Waals surface area contributed by atoms with Gasteiger partial charge in [-0.3, -0.25) is 4.68 Å². The van der Waals surface area contributed by atoms with E-state index in [9.17, 15) is 0 Å². The fourth-order valence-electron chi connectivity index (χ4n) is 0.686. The van der Waals surface area contributed by atoms with Crippen molar-refractivity contribution < 1.29 is 0 Å². The molecule has 0 fully saturated rings. The lowest BCUT2D eigenvalue weighted by Crippen LogP contribution is -2.05. The molecule has 0 spiro atoms. The summed E-state index contributed by atoms with van der Waals surface area (Å²) in [6.45, 7) is 1.67. The Balaban J connectivity index is 0.000000810. The molecule has 1 aromatic rings. The molecule has 1 heterocycles. The number of aromatic nitrogens is 2. The molecule has 4 heteroatoms. The van der Waals surface area contributed by atoms with E-state index < -0.39 is 0 Å². The molecule has 10 heavy (non-hydrogen) atoms. The zero-order valence-electron chi connectivity index (χ0n) is 5.73. The molecular formula is C6H12ClN3. The molecule has 0 aliphatic carbocycles. The molecule has 1 rings (SSSR count). The Morgan fingerprint density at radius 2 is 2.30 bits per heavy atom. The van der Waals surface area contributed by atoms with Crippen LogP contribution >= 0.6 is 12.4 Å². The Bertz CT molecular complexity index is 150. The highest BCUT2D eigenvalue weighted by atomic mass is 35.5. The minimum absolute atomic E-state index is 0. The summed E-state index contributed by atoms with van der Waals surface area (Å²) >= 11 is 0. The van der Waals surface area contributed by atoms with Gasteiger partial charge in [-0.05, 0) is 19.0 Å². The minimum atomic E-state index is 0. The van der Waals surface area contributed by atoms with Gasteiger partial charge in [0.2, 0.25) is 0 Å². The summed E-state index contributed by atoms with van der Waals surface area (Å²) in [5.41, 5.74) is 5.30. The Morgan fingerprint density at radius 1 is 1.50 bits per heavy atom. The van der Waals surface area contributed by atoms with Gasteiger partial charge in [-0.15, -0.1) is 12.4 Å². The third kappa shape index (κ3) is 2.85. The number of rotatable bonds is 3. The fraction of sp³-hybridized carbons (Fsp3) is 0.500. The maximum absolute atomic E-state index is 5.30. The van der Waals surface area contributed by atoms with Crippen molar-refractivity contribution in [1.29, 1.82) is 0 Å². The first-order valence-electron chi connectivity index (χ1n) is 3.11. The summed E-state index contributed by atoms with van der Waals surface area (Å²) < 4.78 is 1.88. The largest absolute Gasteiger partial charge is 0.330 e. The fourth-order valence-corrected chi connectivity index (χ4v) is 0.686. The van der Waals surface area contributed by atoms with Crippen molar-refractivity contribution in [2.24, 2.45) is 5.73 Å². The molecular weight excluding hydrogens is 150 g/mol. The lowest BCUT2D eigenvalue weighted by Gasteiger charge is -1.96. The second-order valence-corrected chi connectivity index (χ2v) is 1.91.